The van der Waals surface area contributed by atoms with Crippen LogP contribution in [-0.2, 0) is 38.2 Å². The van der Waals surface area contributed by atoms with Crippen LogP contribution in [0.4, 0.5) is 0 Å². The molecule has 4 fully saturated rings. The van der Waals surface area contributed by atoms with Crippen molar-refractivity contribution in [2.24, 2.45) is 47.3 Å². The number of rotatable bonds is 14. The number of hydrazine groups is 1. The Morgan fingerprint density at radius 3 is 2.32 bits per heavy atom. The molecular formula is C61H91N5O12. The molecule has 4 amide bonds. The zero-order valence-corrected chi connectivity index (χ0v) is 47.7. The van der Waals surface area contributed by atoms with Gasteiger partial charge < -0.3 is 50.6 Å². The maximum absolute atomic E-state index is 14.9. The lowest BCUT2D eigenvalue weighted by atomic mass is 9.69. The van der Waals surface area contributed by atoms with Crippen molar-refractivity contribution >= 4 is 35.4 Å². The van der Waals surface area contributed by atoms with Gasteiger partial charge in [-0.15, -0.1) is 0 Å². The molecule has 432 valence electrons. The summed E-state index contributed by atoms with van der Waals surface area (Å²) in [4.78, 5) is 82.9. The summed E-state index contributed by atoms with van der Waals surface area (Å²) < 4.78 is 13.0. The first-order valence-corrected chi connectivity index (χ1v) is 28.8. The van der Waals surface area contributed by atoms with E-state index in [4.69, 9.17) is 9.47 Å². The van der Waals surface area contributed by atoms with E-state index in [0.29, 0.717) is 38.5 Å². The van der Waals surface area contributed by atoms with Crippen LogP contribution >= 0.6 is 0 Å². The monoisotopic (exact) mass is 1090 g/mol. The summed E-state index contributed by atoms with van der Waals surface area (Å²) in [6, 6.07) is 7.33. The van der Waals surface area contributed by atoms with E-state index in [1.165, 1.54) is 18.0 Å². The third-order valence-electron chi connectivity index (χ3n) is 17.8. The van der Waals surface area contributed by atoms with Crippen molar-refractivity contribution in [1.29, 1.82) is 0 Å². The van der Waals surface area contributed by atoms with Crippen molar-refractivity contribution in [3.8, 4) is 0 Å². The Balaban J connectivity index is 1.19. The highest BCUT2D eigenvalue weighted by atomic mass is 16.5. The number of aliphatic hydroxyl groups excluding tert-OH is 4. The number of ketones is 1. The Kier molecular flexibility index (Phi) is 21.9. The summed E-state index contributed by atoms with van der Waals surface area (Å²) in [6.45, 7) is 18.5. The smallest absolute Gasteiger partial charge is 0.325 e. The van der Waals surface area contributed by atoms with Gasteiger partial charge in [-0.25, -0.2) is 5.43 Å². The van der Waals surface area contributed by atoms with E-state index < -0.39 is 107 Å². The molecule has 2 bridgehead atoms. The number of esters is 1. The van der Waals surface area contributed by atoms with Gasteiger partial charge in [-0.2, -0.15) is 0 Å². The average molecular weight is 1090 g/mol. The van der Waals surface area contributed by atoms with E-state index in [2.05, 4.69) is 28.3 Å². The van der Waals surface area contributed by atoms with Gasteiger partial charge in [-0.3, -0.25) is 29.0 Å². The molecule has 1 aromatic carbocycles. The zero-order valence-electron chi connectivity index (χ0n) is 47.7. The predicted octanol–water partition coefficient (Wildman–Crippen LogP) is 6.02. The molecule has 4 aliphatic heterocycles. The molecule has 5 aliphatic rings. The van der Waals surface area contributed by atoms with Gasteiger partial charge in [-0.1, -0.05) is 128 Å². The topological polar surface area (TPSA) is 253 Å². The molecule has 0 aromatic heterocycles. The first kappa shape index (κ1) is 62.2. The van der Waals surface area contributed by atoms with Crippen molar-refractivity contribution in [1.82, 2.24) is 26.4 Å². The number of benzene rings is 1. The largest absolute Gasteiger partial charge is 0.456 e. The Morgan fingerprint density at radius 2 is 1.64 bits per heavy atom. The average Bonchev–Trinajstić information content (AvgIpc) is 4.17. The molecule has 2 unspecified atom stereocenters. The Hall–Kier alpha value is -5.04. The standard InChI is InChI=1S/C61H91N5O12/c1-11-43-32-38(6)61(64-55(43)72)42(10)53(70)41(9)51(78-61)33-49(69)36(4)22-15-12-16-23-37(5)50-28-20-14-19-27-48(68)40(8)54(71)45(30-29-39(7)67)56(73)62-52(35(2)3)57(74)63-60(34-46(60)44-24-17-13-18-25-44)59(76)66-31-21-26-47(65-66)58(75)77-50/h12-14,16-20,23-25,27,35-36,38,40-43,45-54,65,68-71H,11,15,21-22,26,28-34H2,1-10H3,(H,62,73)(H,63,74)(H,64,72)/b16-12+,20-14+,27-19+,37-23+/t36-,38-,40-,41-,42-,43-,45+,46-,47?,48-,49-,50-,51-,52-,53-,54+,60?,61+/m0/s1. The molecule has 4 heterocycles. The van der Waals surface area contributed by atoms with E-state index in [9.17, 15) is 49.2 Å². The van der Waals surface area contributed by atoms with Crippen molar-refractivity contribution in [2.75, 3.05) is 6.54 Å². The van der Waals surface area contributed by atoms with Gasteiger partial charge in [0.25, 0.3) is 5.91 Å². The number of nitrogens with zero attached hydrogens (tertiary/aromatic N) is 1. The summed E-state index contributed by atoms with van der Waals surface area (Å²) >= 11 is 0. The normalized spacial score (nSPS) is 37.4. The number of allylic oxidation sites excluding steroid dienone is 5. The lowest BCUT2D eigenvalue weighted by Gasteiger charge is -2.56. The number of cyclic esters (lactones) is 1. The summed E-state index contributed by atoms with van der Waals surface area (Å²) in [5.74, 6) is -6.22. The number of hydrogen-bond donors (Lipinski definition) is 8. The highest BCUT2D eigenvalue weighted by Crippen LogP contribution is 2.53. The van der Waals surface area contributed by atoms with Crippen LogP contribution in [0.15, 0.2) is 78.4 Å². The molecule has 1 aliphatic carbocycles. The molecule has 18 atom stereocenters. The number of hydrogen-bond acceptors (Lipinski definition) is 13. The molecule has 2 spiro atoms. The van der Waals surface area contributed by atoms with Crippen LogP contribution in [0, 0.1) is 47.3 Å². The van der Waals surface area contributed by atoms with Gasteiger partial charge in [0, 0.05) is 61.3 Å². The van der Waals surface area contributed by atoms with Crippen molar-refractivity contribution < 1.29 is 58.7 Å². The minimum Gasteiger partial charge on any atom is -0.456 e. The van der Waals surface area contributed by atoms with Crippen LogP contribution in [0.2, 0.25) is 0 Å². The van der Waals surface area contributed by atoms with Gasteiger partial charge in [0.2, 0.25) is 17.7 Å². The first-order chi connectivity index (χ1) is 37.0. The minimum absolute atomic E-state index is 0.0132. The van der Waals surface area contributed by atoms with Crippen LogP contribution in [0.25, 0.3) is 0 Å². The van der Waals surface area contributed by atoms with Crippen LogP contribution < -0.4 is 21.4 Å². The maximum atomic E-state index is 14.9. The molecule has 6 rings (SSSR count). The molecule has 3 saturated heterocycles. The number of carbonyl (C=O) groups is 6. The molecule has 78 heavy (non-hydrogen) atoms. The summed E-state index contributed by atoms with van der Waals surface area (Å²) in [5, 5.41) is 56.3. The second kappa shape index (κ2) is 27.4. The number of ether oxygens (including phenoxy) is 2. The number of amides is 4. The lowest BCUT2D eigenvalue weighted by Crippen LogP contribution is -2.71. The maximum Gasteiger partial charge on any atom is 0.325 e. The van der Waals surface area contributed by atoms with E-state index in [1.807, 2.05) is 83.2 Å². The minimum atomic E-state index is -1.42. The Morgan fingerprint density at radius 1 is 0.923 bits per heavy atom. The Bertz CT molecular complexity index is 2370. The van der Waals surface area contributed by atoms with E-state index in [-0.39, 0.29) is 73.5 Å². The van der Waals surface area contributed by atoms with E-state index in [0.717, 1.165) is 17.6 Å². The SMILES string of the molecule is CC[C@H]1C[C@H](C)[C@@]2(NC1=O)O[C@@H](C[C@H](O)[C@@H](C)CC/C=C/C=C(\C)[C@@H]1C/C=C/C=C/[C@H](O)[C@H](C)[C@@H](O)[C@@H](CCC(C)=O)C(=O)N[C@@H](C(C)C)C(=O)NC3(C[C@H]3c3ccccc3)C(=O)N3CCCC(N3)C(=O)O1)[C@H](C)[C@H](O)[C@@H]2C. The number of Topliss-reactive ketones (excluding diaryl/α,β-unsaturated/α-hetero) is 1. The number of piperidine rings is 1. The van der Waals surface area contributed by atoms with Gasteiger partial charge in [0.1, 0.15) is 35.2 Å². The van der Waals surface area contributed by atoms with Crippen LogP contribution in [0.5, 0.6) is 0 Å². The van der Waals surface area contributed by atoms with Crippen LogP contribution in [-0.4, -0.2) is 127 Å². The van der Waals surface area contributed by atoms with Crippen molar-refractivity contribution in [3.63, 3.8) is 0 Å². The fourth-order valence-electron chi connectivity index (χ4n) is 12.1. The third kappa shape index (κ3) is 14.7. The second-order valence-electron chi connectivity index (χ2n) is 23.8. The van der Waals surface area contributed by atoms with Gasteiger partial charge in [0.15, 0.2) is 0 Å². The van der Waals surface area contributed by atoms with Gasteiger partial charge in [-0.05, 0) is 88.2 Å². The summed E-state index contributed by atoms with van der Waals surface area (Å²) in [6.07, 6.45) is 11.4. The number of carbonyl (C=O) groups excluding carboxylic acids is 6. The lowest BCUT2D eigenvalue weighted by molar-refractivity contribution is -0.267. The van der Waals surface area contributed by atoms with Crippen LogP contribution in [0.3, 0.4) is 0 Å². The molecule has 1 saturated carbocycles. The number of nitrogens with one attached hydrogen (secondary N) is 4. The first-order valence-electron chi connectivity index (χ1n) is 28.8. The number of fused-ring (bicyclic) bond motifs is 2. The quantitative estimate of drug-likeness (QED) is 0.0786. The highest BCUT2D eigenvalue weighted by Gasteiger charge is 2.64. The molecule has 0 radical (unpaired) electrons. The van der Waals surface area contributed by atoms with Crippen molar-refractivity contribution in [3.05, 3.63) is 84.0 Å². The molecule has 17 heteroatoms. The summed E-state index contributed by atoms with van der Waals surface area (Å²) in [5.41, 5.74) is 2.28. The zero-order chi connectivity index (χ0) is 57.2. The highest BCUT2D eigenvalue weighted by molar-refractivity contribution is 5.98. The van der Waals surface area contributed by atoms with E-state index in [1.54, 1.807) is 39.0 Å². The molecule has 17 nitrogen and oxygen atoms in total. The fourth-order valence-corrected chi connectivity index (χ4v) is 12.1. The third-order valence-corrected chi connectivity index (χ3v) is 17.8. The Labute approximate surface area is 462 Å². The molecule has 1 aromatic rings. The molecule has 8 N–H and O–H groups in total. The van der Waals surface area contributed by atoms with Crippen LogP contribution in [0.1, 0.15) is 151 Å². The summed E-state index contributed by atoms with van der Waals surface area (Å²) in [7, 11) is 0. The van der Waals surface area contributed by atoms with E-state index >= 15 is 0 Å². The van der Waals surface area contributed by atoms with Gasteiger partial charge in [0.05, 0.1) is 36.4 Å². The van der Waals surface area contributed by atoms with Crippen molar-refractivity contribution in [2.45, 2.75) is 206 Å². The second-order valence-corrected chi connectivity index (χ2v) is 23.8. The predicted molar refractivity (Wildman–Crippen MR) is 296 cm³/mol. The van der Waals surface area contributed by atoms with Gasteiger partial charge >= 0.3 is 5.97 Å². The molecular weight excluding hydrogens is 995 g/mol. The number of aliphatic hydroxyl groups is 4. The fraction of sp³-hybridized carbons (Fsp3) is 0.672.